The molecule has 6 nitrogen and oxygen atoms in total. The van der Waals surface area contributed by atoms with E-state index < -0.39 is 10.0 Å². The first-order valence-corrected chi connectivity index (χ1v) is 12.1. The summed E-state index contributed by atoms with van der Waals surface area (Å²) < 4.78 is 30.0. The van der Waals surface area contributed by atoms with Crippen LogP contribution in [0.15, 0.2) is 87.5 Å². The predicted octanol–water partition coefficient (Wildman–Crippen LogP) is 4.40. The summed E-state index contributed by atoms with van der Waals surface area (Å²) in [4.78, 5) is 17.8. The van der Waals surface area contributed by atoms with Gasteiger partial charge in [-0.3, -0.25) is 13.9 Å². The van der Waals surface area contributed by atoms with Crippen molar-refractivity contribution < 1.29 is 8.42 Å². The largest absolute Gasteiger partial charge is 0.278 e. The van der Waals surface area contributed by atoms with Crippen molar-refractivity contribution in [2.24, 2.45) is 0 Å². The first-order valence-electron chi connectivity index (χ1n) is 9.63. The summed E-state index contributed by atoms with van der Waals surface area (Å²) >= 11 is 1.42. The zero-order chi connectivity index (χ0) is 22.0. The average Bonchev–Trinajstić information content (AvgIpc) is 2.75. The first kappa shape index (κ1) is 21.1. The first-order chi connectivity index (χ1) is 14.8. The van der Waals surface area contributed by atoms with Gasteiger partial charge in [0.25, 0.3) is 15.6 Å². The Morgan fingerprint density at radius 3 is 2.55 bits per heavy atom. The van der Waals surface area contributed by atoms with Gasteiger partial charge in [-0.1, -0.05) is 24.3 Å². The maximum absolute atomic E-state index is 12.9. The summed E-state index contributed by atoms with van der Waals surface area (Å²) in [5.41, 5.74) is 3.50. The second-order valence-corrected chi connectivity index (χ2v) is 9.85. The van der Waals surface area contributed by atoms with Crippen LogP contribution in [0.5, 0.6) is 0 Å². The van der Waals surface area contributed by atoms with Gasteiger partial charge in [-0.05, 0) is 61.4 Å². The Kier molecular flexibility index (Phi) is 5.84. The van der Waals surface area contributed by atoms with Crippen LogP contribution in [0.1, 0.15) is 16.8 Å². The van der Waals surface area contributed by atoms with Crippen molar-refractivity contribution in [1.82, 2.24) is 9.38 Å². The van der Waals surface area contributed by atoms with Crippen LogP contribution in [0.4, 0.5) is 5.69 Å². The number of nitrogens with one attached hydrogen (secondary N) is 1. The molecule has 31 heavy (non-hydrogen) atoms. The minimum Gasteiger partial charge on any atom is -0.278 e. The topological polar surface area (TPSA) is 80.5 Å². The molecule has 4 aromatic rings. The molecule has 0 fully saturated rings. The van der Waals surface area contributed by atoms with Crippen LogP contribution < -0.4 is 10.3 Å². The minimum atomic E-state index is -3.73. The fourth-order valence-electron chi connectivity index (χ4n) is 3.09. The quantitative estimate of drug-likeness (QED) is 0.440. The van der Waals surface area contributed by atoms with Gasteiger partial charge >= 0.3 is 0 Å². The monoisotopic (exact) mass is 451 g/mol. The van der Waals surface area contributed by atoms with Crippen LogP contribution in [-0.4, -0.2) is 17.8 Å². The van der Waals surface area contributed by atoms with E-state index in [0.29, 0.717) is 22.8 Å². The van der Waals surface area contributed by atoms with E-state index in [1.165, 1.54) is 22.2 Å². The Balaban J connectivity index is 1.58. The standard InChI is InChI=1S/C23H21N3O3S2/c1-16-10-11-19(13-17(16)2)31(28,29)25-20-7-3-4-8-21(20)30-15-18-14-23(27)26-12-6-5-9-22(26)24-18/h3-14,25H,15H2,1-2H3. The number of hydrogen-bond donors (Lipinski definition) is 1. The molecule has 0 radical (unpaired) electrons. The summed E-state index contributed by atoms with van der Waals surface area (Å²) in [6, 6.07) is 19.2. The number of anilines is 1. The third-order valence-corrected chi connectivity index (χ3v) is 7.39. The van der Waals surface area contributed by atoms with Crippen LogP contribution in [0.25, 0.3) is 5.65 Å². The fourth-order valence-corrected chi connectivity index (χ4v) is 5.22. The molecule has 2 aromatic carbocycles. The van der Waals surface area contributed by atoms with Gasteiger partial charge < -0.3 is 0 Å². The Hall–Kier alpha value is -3.10. The van der Waals surface area contributed by atoms with Gasteiger partial charge in [-0.25, -0.2) is 13.4 Å². The van der Waals surface area contributed by atoms with Gasteiger partial charge in [0.2, 0.25) is 0 Å². The second kappa shape index (κ2) is 8.56. The van der Waals surface area contributed by atoms with E-state index in [9.17, 15) is 13.2 Å². The fraction of sp³-hybridized carbons (Fsp3) is 0.130. The van der Waals surface area contributed by atoms with Crippen LogP contribution in [0.3, 0.4) is 0 Å². The molecule has 1 N–H and O–H groups in total. The van der Waals surface area contributed by atoms with Crippen molar-refractivity contribution in [1.29, 1.82) is 0 Å². The van der Waals surface area contributed by atoms with E-state index in [0.717, 1.165) is 16.0 Å². The Morgan fingerprint density at radius 1 is 0.968 bits per heavy atom. The molecule has 0 atom stereocenters. The van der Waals surface area contributed by atoms with Crippen molar-refractivity contribution in [3.63, 3.8) is 0 Å². The highest BCUT2D eigenvalue weighted by atomic mass is 32.2. The number of aromatic nitrogens is 2. The van der Waals surface area contributed by atoms with Crippen LogP contribution >= 0.6 is 11.8 Å². The third-order valence-electron chi connectivity index (χ3n) is 4.92. The normalized spacial score (nSPS) is 11.5. The molecule has 0 aliphatic heterocycles. The summed E-state index contributed by atoms with van der Waals surface area (Å²) in [5.74, 6) is 0.434. The third kappa shape index (κ3) is 4.65. The molecule has 0 saturated carbocycles. The van der Waals surface area contributed by atoms with Gasteiger partial charge in [-0.2, -0.15) is 0 Å². The van der Waals surface area contributed by atoms with Crippen molar-refractivity contribution in [2.45, 2.75) is 29.4 Å². The van der Waals surface area contributed by atoms with Gasteiger partial charge in [0.05, 0.1) is 16.3 Å². The molecule has 0 amide bonds. The maximum atomic E-state index is 12.9. The number of fused-ring (bicyclic) bond motifs is 1. The summed E-state index contributed by atoms with van der Waals surface area (Å²) in [5, 5.41) is 0. The van der Waals surface area contributed by atoms with Gasteiger partial charge in [0, 0.05) is 22.9 Å². The van der Waals surface area contributed by atoms with E-state index in [1.54, 1.807) is 48.7 Å². The highest BCUT2D eigenvalue weighted by Gasteiger charge is 2.17. The number of rotatable bonds is 6. The number of para-hydroxylation sites is 1. The summed E-state index contributed by atoms with van der Waals surface area (Å²) in [6.07, 6.45) is 1.68. The molecule has 2 heterocycles. The van der Waals surface area contributed by atoms with Crippen molar-refractivity contribution in [2.75, 3.05) is 4.72 Å². The highest BCUT2D eigenvalue weighted by Crippen LogP contribution is 2.31. The Bertz CT molecular complexity index is 1430. The summed E-state index contributed by atoms with van der Waals surface area (Å²) in [6.45, 7) is 3.83. The molecule has 0 spiro atoms. The summed E-state index contributed by atoms with van der Waals surface area (Å²) in [7, 11) is -3.73. The lowest BCUT2D eigenvalue weighted by Crippen LogP contribution is -2.15. The predicted molar refractivity (Wildman–Crippen MR) is 124 cm³/mol. The van der Waals surface area contributed by atoms with Crippen molar-refractivity contribution >= 4 is 33.1 Å². The van der Waals surface area contributed by atoms with Gasteiger partial charge in [-0.15, -0.1) is 11.8 Å². The molecular formula is C23H21N3O3S2. The van der Waals surface area contributed by atoms with Gasteiger partial charge in [0.15, 0.2) is 0 Å². The number of benzene rings is 2. The second-order valence-electron chi connectivity index (χ2n) is 7.15. The number of sulfonamides is 1. The number of thioether (sulfide) groups is 1. The lowest BCUT2D eigenvalue weighted by molar-refractivity contribution is 0.601. The van der Waals surface area contributed by atoms with E-state index >= 15 is 0 Å². The zero-order valence-corrected chi connectivity index (χ0v) is 18.7. The van der Waals surface area contributed by atoms with E-state index in [1.807, 2.05) is 32.0 Å². The molecular weight excluding hydrogens is 430 g/mol. The molecule has 2 aromatic heterocycles. The molecule has 8 heteroatoms. The van der Waals surface area contributed by atoms with E-state index in [-0.39, 0.29) is 10.5 Å². The van der Waals surface area contributed by atoms with Crippen molar-refractivity contribution in [3.05, 3.63) is 100 Å². The molecule has 0 aliphatic rings. The molecule has 158 valence electrons. The smallest absolute Gasteiger partial charge is 0.261 e. The average molecular weight is 452 g/mol. The molecule has 0 bridgehead atoms. The van der Waals surface area contributed by atoms with E-state index in [2.05, 4.69) is 9.71 Å². The molecule has 0 saturated heterocycles. The van der Waals surface area contributed by atoms with Gasteiger partial charge in [0.1, 0.15) is 5.65 Å². The molecule has 0 aliphatic carbocycles. The Morgan fingerprint density at radius 2 is 1.74 bits per heavy atom. The lowest BCUT2D eigenvalue weighted by atomic mass is 10.1. The van der Waals surface area contributed by atoms with Crippen LogP contribution in [-0.2, 0) is 15.8 Å². The van der Waals surface area contributed by atoms with E-state index in [4.69, 9.17) is 0 Å². The number of hydrogen-bond acceptors (Lipinski definition) is 5. The number of pyridine rings is 1. The maximum Gasteiger partial charge on any atom is 0.261 e. The molecule has 4 rings (SSSR count). The molecule has 0 unspecified atom stereocenters. The van der Waals surface area contributed by atoms with Crippen molar-refractivity contribution in [3.8, 4) is 0 Å². The SMILES string of the molecule is Cc1ccc(S(=O)(=O)Nc2ccccc2SCc2cc(=O)n3ccccc3n2)cc1C. The lowest BCUT2D eigenvalue weighted by Gasteiger charge is -2.13. The number of aryl methyl sites for hydroxylation is 2. The zero-order valence-electron chi connectivity index (χ0n) is 17.1. The Labute approximate surface area is 185 Å². The van der Waals surface area contributed by atoms with Crippen LogP contribution in [0.2, 0.25) is 0 Å². The number of nitrogens with zero attached hydrogens (tertiary/aromatic N) is 2. The minimum absolute atomic E-state index is 0.148. The van der Waals surface area contributed by atoms with Crippen LogP contribution in [0, 0.1) is 13.8 Å². The highest BCUT2D eigenvalue weighted by molar-refractivity contribution is 7.98.